The summed E-state index contributed by atoms with van der Waals surface area (Å²) >= 11 is 0. The fraction of sp³-hybridized carbons (Fsp3) is 0.533. The molecular formula is C15H21N3O3. The molecule has 1 aliphatic rings. The van der Waals surface area contributed by atoms with E-state index in [0.717, 1.165) is 5.56 Å². The molecule has 0 bridgehead atoms. The van der Waals surface area contributed by atoms with Crippen LogP contribution in [0.3, 0.4) is 0 Å². The molecule has 1 unspecified atom stereocenters. The first-order chi connectivity index (χ1) is 9.95. The van der Waals surface area contributed by atoms with Crippen LogP contribution in [0.1, 0.15) is 35.2 Å². The van der Waals surface area contributed by atoms with E-state index in [-0.39, 0.29) is 24.8 Å². The lowest BCUT2D eigenvalue weighted by Gasteiger charge is -2.39. The van der Waals surface area contributed by atoms with Crippen molar-refractivity contribution in [3.63, 3.8) is 0 Å². The molecule has 1 aromatic rings. The minimum absolute atomic E-state index is 0.0132. The summed E-state index contributed by atoms with van der Waals surface area (Å²) in [4.78, 5) is 29.6. The van der Waals surface area contributed by atoms with E-state index in [4.69, 9.17) is 0 Å². The van der Waals surface area contributed by atoms with E-state index in [0.29, 0.717) is 24.9 Å². The summed E-state index contributed by atoms with van der Waals surface area (Å²) in [6.07, 6.45) is 4.41. The van der Waals surface area contributed by atoms with Crippen LogP contribution >= 0.6 is 0 Å². The van der Waals surface area contributed by atoms with Crippen LogP contribution in [0.2, 0.25) is 0 Å². The van der Waals surface area contributed by atoms with Gasteiger partial charge in [-0.2, -0.15) is 0 Å². The maximum atomic E-state index is 12.5. The largest absolute Gasteiger partial charge is 0.388 e. The number of piperidine rings is 1. The van der Waals surface area contributed by atoms with Crippen LogP contribution < -0.4 is 5.32 Å². The van der Waals surface area contributed by atoms with Crippen LogP contribution in [-0.2, 0) is 4.79 Å². The van der Waals surface area contributed by atoms with Crippen molar-refractivity contribution in [1.82, 2.24) is 15.2 Å². The second kappa shape index (κ2) is 6.22. The number of aromatic nitrogens is 1. The van der Waals surface area contributed by atoms with Gasteiger partial charge in [-0.25, -0.2) is 0 Å². The topological polar surface area (TPSA) is 82.5 Å². The molecule has 1 atom stereocenters. The second-order valence-corrected chi connectivity index (χ2v) is 5.60. The van der Waals surface area contributed by atoms with Crippen molar-refractivity contribution in [2.75, 3.05) is 20.1 Å². The molecular weight excluding hydrogens is 270 g/mol. The molecule has 0 aliphatic carbocycles. The summed E-state index contributed by atoms with van der Waals surface area (Å²) in [5, 5.41) is 13.0. The lowest BCUT2D eigenvalue weighted by atomic mass is 9.89. The van der Waals surface area contributed by atoms with Gasteiger partial charge < -0.3 is 15.3 Å². The number of rotatable bonds is 3. The van der Waals surface area contributed by atoms with Gasteiger partial charge in [0.15, 0.2) is 0 Å². The second-order valence-electron chi connectivity index (χ2n) is 5.60. The highest BCUT2D eigenvalue weighted by molar-refractivity contribution is 5.95. The summed E-state index contributed by atoms with van der Waals surface area (Å²) < 4.78 is 0. The highest BCUT2D eigenvalue weighted by atomic mass is 16.3. The molecule has 21 heavy (non-hydrogen) atoms. The van der Waals surface area contributed by atoms with E-state index in [2.05, 4.69) is 10.3 Å². The predicted molar refractivity (Wildman–Crippen MR) is 77.7 cm³/mol. The lowest BCUT2D eigenvalue weighted by molar-refractivity contribution is -0.127. The molecule has 0 radical (unpaired) electrons. The van der Waals surface area contributed by atoms with Gasteiger partial charge in [0.25, 0.3) is 5.91 Å². The molecule has 2 N–H and O–H groups in total. The summed E-state index contributed by atoms with van der Waals surface area (Å²) in [5.41, 5.74) is 0.251. The molecule has 1 aliphatic heterocycles. The number of nitrogens with zero attached hydrogens (tertiary/aromatic N) is 2. The number of aliphatic hydroxyl groups is 1. The highest BCUT2D eigenvalue weighted by Gasteiger charge is 2.37. The van der Waals surface area contributed by atoms with Gasteiger partial charge in [-0.05, 0) is 31.4 Å². The fourth-order valence-corrected chi connectivity index (χ4v) is 2.68. The van der Waals surface area contributed by atoms with E-state index in [1.807, 2.05) is 6.92 Å². The number of carbonyl (C=O) groups excluding carboxylic acids is 2. The van der Waals surface area contributed by atoms with Crippen molar-refractivity contribution in [1.29, 1.82) is 0 Å². The Bertz CT molecular complexity index is 547. The fourth-order valence-electron chi connectivity index (χ4n) is 2.68. The molecule has 0 spiro atoms. The van der Waals surface area contributed by atoms with Gasteiger partial charge in [0.2, 0.25) is 5.91 Å². The zero-order valence-corrected chi connectivity index (χ0v) is 12.4. The van der Waals surface area contributed by atoms with Crippen molar-refractivity contribution in [2.24, 2.45) is 0 Å². The highest BCUT2D eigenvalue weighted by Crippen LogP contribution is 2.26. The maximum absolute atomic E-state index is 12.5. The van der Waals surface area contributed by atoms with Crippen molar-refractivity contribution in [2.45, 2.75) is 31.8 Å². The Hall–Kier alpha value is -1.95. The van der Waals surface area contributed by atoms with E-state index in [1.54, 1.807) is 23.4 Å². The number of amides is 2. The van der Waals surface area contributed by atoms with E-state index < -0.39 is 5.60 Å². The molecule has 6 heteroatoms. The Morgan fingerprint density at radius 3 is 2.95 bits per heavy atom. The van der Waals surface area contributed by atoms with Crippen LogP contribution in [-0.4, -0.2) is 52.5 Å². The molecule has 2 rings (SSSR count). The van der Waals surface area contributed by atoms with Crippen LogP contribution in [0.5, 0.6) is 0 Å². The van der Waals surface area contributed by atoms with E-state index in [9.17, 15) is 14.7 Å². The first-order valence-electron chi connectivity index (χ1n) is 7.08. The van der Waals surface area contributed by atoms with Crippen LogP contribution in [0.4, 0.5) is 0 Å². The van der Waals surface area contributed by atoms with Gasteiger partial charge >= 0.3 is 0 Å². The smallest absolute Gasteiger partial charge is 0.255 e. The van der Waals surface area contributed by atoms with Crippen molar-refractivity contribution >= 4 is 11.8 Å². The summed E-state index contributed by atoms with van der Waals surface area (Å²) in [5.74, 6) is -0.361. The number of β-amino-alcohol motifs (C(OH)–C–C–N with tert-alkyl or cyclic N) is 1. The molecule has 0 aromatic carbocycles. The number of aryl methyl sites for hydroxylation is 1. The third kappa shape index (κ3) is 3.58. The van der Waals surface area contributed by atoms with E-state index in [1.165, 1.54) is 7.05 Å². The Balaban J connectivity index is 2.12. The summed E-state index contributed by atoms with van der Waals surface area (Å²) in [6.45, 7) is 2.62. The van der Waals surface area contributed by atoms with Gasteiger partial charge in [-0.15, -0.1) is 0 Å². The van der Waals surface area contributed by atoms with Gasteiger partial charge in [0.1, 0.15) is 0 Å². The number of carbonyl (C=O) groups is 2. The molecule has 1 saturated heterocycles. The number of pyridine rings is 1. The molecule has 114 valence electrons. The molecule has 0 saturated carbocycles. The summed E-state index contributed by atoms with van der Waals surface area (Å²) in [7, 11) is 1.54. The third-order valence-corrected chi connectivity index (χ3v) is 3.88. The SMILES string of the molecule is CNC(=O)CC1(O)CCCN(C(=O)c2cnccc2C)C1. The lowest BCUT2D eigenvalue weighted by Crippen LogP contribution is -2.52. The van der Waals surface area contributed by atoms with Gasteiger partial charge in [0, 0.05) is 26.0 Å². The Morgan fingerprint density at radius 2 is 2.29 bits per heavy atom. The minimum atomic E-state index is -1.15. The summed E-state index contributed by atoms with van der Waals surface area (Å²) in [6, 6.07) is 1.79. The van der Waals surface area contributed by atoms with Crippen molar-refractivity contribution in [3.8, 4) is 0 Å². The molecule has 2 heterocycles. The monoisotopic (exact) mass is 291 g/mol. The minimum Gasteiger partial charge on any atom is -0.388 e. The predicted octanol–water partition coefficient (Wildman–Crippen LogP) is 0.493. The van der Waals surface area contributed by atoms with Gasteiger partial charge in [-0.1, -0.05) is 0 Å². The van der Waals surface area contributed by atoms with Crippen LogP contribution in [0, 0.1) is 6.92 Å². The zero-order valence-electron chi connectivity index (χ0n) is 12.4. The molecule has 2 amide bonds. The number of likely N-dealkylation sites (tertiary alicyclic amines) is 1. The maximum Gasteiger partial charge on any atom is 0.255 e. The van der Waals surface area contributed by atoms with Crippen LogP contribution in [0.25, 0.3) is 0 Å². The van der Waals surface area contributed by atoms with E-state index >= 15 is 0 Å². The third-order valence-electron chi connectivity index (χ3n) is 3.88. The molecule has 1 fully saturated rings. The Kier molecular flexibility index (Phi) is 4.57. The average molecular weight is 291 g/mol. The number of nitrogens with one attached hydrogen (secondary N) is 1. The average Bonchev–Trinajstić information content (AvgIpc) is 2.46. The number of hydrogen-bond acceptors (Lipinski definition) is 4. The zero-order chi connectivity index (χ0) is 15.5. The quantitative estimate of drug-likeness (QED) is 0.849. The Morgan fingerprint density at radius 1 is 1.52 bits per heavy atom. The standard InChI is InChI=1S/C15H21N3O3/c1-11-4-6-17-9-12(11)14(20)18-7-3-5-15(21,10-18)8-13(19)16-2/h4,6,9,21H,3,5,7-8,10H2,1-2H3,(H,16,19). The number of hydrogen-bond donors (Lipinski definition) is 2. The first kappa shape index (κ1) is 15.4. The first-order valence-corrected chi connectivity index (χ1v) is 7.08. The van der Waals surface area contributed by atoms with Gasteiger partial charge in [0.05, 0.1) is 24.1 Å². The van der Waals surface area contributed by atoms with Gasteiger partial charge in [-0.3, -0.25) is 14.6 Å². The normalized spacial score (nSPS) is 22.0. The molecule has 6 nitrogen and oxygen atoms in total. The Labute approximate surface area is 124 Å². The van der Waals surface area contributed by atoms with Crippen molar-refractivity contribution < 1.29 is 14.7 Å². The van der Waals surface area contributed by atoms with Crippen LogP contribution in [0.15, 0.2) is 18.5 Å². The van der Waals surface area contributed by atoms with Crippen molar-refractivity contribution in [3.05, 3.63) is 29.6 Å². The molecule has 1 aromatic heterocycles.